The number of hydroxylamine groups is 2. The number of alkyl halides is 2. The number of piperidine rings is 1. The lowest BCUT2D eigenvalue weighted by molar-refractivity contribution is -0.262. The summed E-state index contributed by atoms with van der Waals surface area (Å²) in [5.74, 6) is -0.758. The molecule has 0 spiro atoms. The first-order chi connectivity index (χ1) is 12.9. The quantitative estimate of drug-likeness (QED) is 0.241. The van der Waals surface area contributed by atoms with E-state index in [2.05, 4.69) is 0 Å². The van der Waals surface area contributed by atoms with Crippen molar-refractivity contribution in [3.63, 3.8) is 0 Å². The van der Waals surface area contributed by atoms with Crippen molar-refractivity contribution < 1.29 is 29.0 Å². The molecule has 1 rings (SSSR count). The zero-order chi connectivity index (χ0) is 22.8. The molecule has 0 bridgehead atoms. The number of esters is 2. The molecule has 0 aromatic heterocycles. The molecular weight excluding hydrogens is 604 g/mol. The largest absolute Gasteiger partial charge is 0.461 e. The van der Waals surface area contributed by atoms with Gasteiger partial charge in [-0.15, -0.1) is 0 Å². The van der Waals surface area contributed by atoms with Crippen molar-refractivity contribution in [1.82, 2.24) is 5.06 Å². The van der Waals surface area contributed by atoms with Crippen LogP contribution in [-0.2, 0) is 23.8 Å². The van der Waals surface area contributed by atoms with Crippen LogP contribution in [0.2, 0.25) is 0 Å². The summed E-state index contributed by atoms with van der Waals surface area (Å²) in [6.45, 7) is 14.9. The lowest BCUT2D eigenvalue weighted by Crippen LogP contribution is -2.60. The van der Waals surface area contributed by atoms with Gasteiger partial charge >= 0.3 is 11.9 Å². The fourth-order valence-corrected chi connectivity index (χ4v) is 3.57. The molecule has 7 nitrogen and oxygen atoms in total. The van der Waals surface area contributed by atoms with E-state index in [1.807, 2.05) is 72.9 Å². The van der Waals surface area contributed by atoms with Crippen molar-refractivity contribution in [2.75, 3.05) is 13.2 Å². The van der Waals surface area contributed by atoms with Crippen LogP contribution < -0.4 is 0 Å². The number of hydrogen-bond acceptors (Lipinski definition) is 7. The average molecular weight is 639 g/mol. The van der Waals surface area contributed by atoms with Crippen LogP contribution in [0.15, 0.2) is 0 Å². The van der Waals surface area contributed by atoms with Crippen LogP contribution in [-0.4, -0.2) is 65.6 Å². The van der Waals surface area contributed by atoms with Crippen LogP contribution in [0.1, 0.15) is 68.2 Å². The predicted octanol–water partition coefficient (Wildman–Crippen LogP) is 4.30. The summed E-state index contributed by atoms with van der Waals surface area (Å²) in [5.41, 5.74) is -0.888. The number of rotatable bonds is 8. The monoisotopic (exact) mass is 639 g/mol. The third-order valence-electron chi connectivity index (χ3n) is 4.76. The van der Waals surface area contributed by atoms with Gasteiger partial charge in [0.05, 0.1) is 12.7 Å². The summed E-state index contributed by atoms with van der Waals surface area (Å²) >= 11 is 4.03. The summed E-state index contributed by atoms with van der Waals surface area (Å²) in [4.78, 5) is 24.5. The molecule has 1 saturated heterocycles. The molecule has 0 amide bonds. The third kappa shape index (κ3) is 8.38. The highest BCUT2D eigenvalue weighted by Gasteiger charge is 2.45. The van der Waals surface area contributed by atoms with Gasteiger partial charge in [0.15, 0.2) is 6.10 Å². The molecule has 1 atom stereocenters. The first-order valence-corrected chi connectivity index (χ1v) is 11.9. The van der Waals surface area contributed by atoms with Crippen LogP contribution in [0.3, 0.4) is 0 Å². The van der Waals surface area contributed by atoms with E-state index >= 15 is 0 Å². The van der Waals surface area contributed by atoms with Gasteiger partial charge in [0.25, 0.3) is 0 Å². The molecule has 1 aliphatic rings. The second kappa shape index (κ2) is 9.83. The summed E-state index contributed by atoms with van der Waals surface area (Å²) in [6.07, 6.45) is 0.448. The highest BCUT2D eigenvalue weighted by atomic mass is 127. The number of hydrogen-bond donors (Lipinski definition) is 1. The molecule has 1 N–H and O–H groups in total. The predicted molar refractivity (Wildman–Crippen MR) is 128 cm³/mol. The Bertz CT molecular complexity index is 577. The maximum absolute atomic E-state index is 12.3. The van der Waals surface area contributed by atoms with Crippen molar-refractivity contribution in [3.8, 4) is 0 Å². The number of ether oxygens (including phenoxy) is 3. The lowest BCUT2D eigenvalue weighted by atomic mass is 9.80. The molecule has 0 radical (unpaired) electrons. The van der Waals surface area contributed by atoms with E-state index in [9.17, 15) is 14.8 Å². The van der Waals surface area contributed by atoms with E-state index in [0.717, 1.165) is 0 Å². The number of carbonyl (C=O) groups excluding carboxylic acids is 2. The minimum atomic E-state index is -0.700. The van der Waals surface area contributed by atoms with Crippen molar-refractivity contribution in [2.45, 2.75) is 98.4 Å². The second-order valence-corrected chi connectivity index (χ2v) is 15.3. The van der Waals surface area contributed by atoms with E-state index < -0.39 is 24.0 Å². The fraction of sp³-hybridized carbons (Fsp3) is 0.900. The summed E-state index contributed by atoms with van der Waals surface area (Å²) in [6, 6.07) is 0. The van der Waals surface area contributed by atoms with Gasteiger partial charge in [-0.3, -0.25) is 9.59 Å². The van der Waals surface area contributed by atoms with Gasteiger partial charge < -0.3 is 19.4 Å². The Labute approximate surface area is 201 Å². The molecule has 29 heavy (non-hydrogen) atoms. The van der Waals surface area contributed by atoms with Gasteiger partial charge in [0.2, 0.25) is 0 Å². The highest BCUT2D eigenvalue weighted by Crippen LogP contribution is 2.38. The maximum atomic E-state index is 12.3. The summed E-state index contributed by atoms with van der Waals surface area (Å²) in [7, 11) is 0. The number of halogens is 2. The Hall–Kier alpha value is 0.280. The molecule has 0 saturated carbocycles. The Morgan fingerprint density at radius 3 is 1.86 bits per heavy atom. The zero-order valence-corrected chi connectivity index (χ0v) is 23.0. The van der Waals surface area contributed by atoms with Gasteiger partial charge in [-0.25, -0.2) is 0 Å². The van der Waals surface area contributed by atoms with Crippen LogP contribution in [0.5, 0.6) is 0 Å². The zero-order valence-electron chi connectivity index (χ0n) is 18.7. The Kier molecular flexibility index (Phi) is 9.25. The number of carbonyl (C=O) groups is 2. The van der Waals surface area contributed by atoms with E-state index in [0.29, 0.717) is 12.8 Å². The minimum absolute atomic E-state index is 0.0602. The van der Waals surface area contributed by atoms with Crippen LogP contribution in [0.25, 0.3) is 0 Å². The van der Waals surface area contributed by atoms with Crippen molar-refractivity contribution in [1.29, 1.82) is 0 Å². The van der Waals surface area contributed by atoms with E-state index in [4.69, 9.17) is 14.2 Å². The maximum Gasteiger partial charge on any atom is 0.321 e. The van der Waals surface area contributed by atoms with Gasteiger partial charge in [-0.05, 0) is 68.2 Å². The fourth-order valence-electron chi connectivity index (χ4n) is 3.29. The molecule has 1 unspecified atom stereocenters. The molecule has 0 aliphatic carbocycles. The van der Waals surface area contributed by atoms with Crippen LogP contribution in [0, 0.1) is 0 Å². The van der Waals surface area contributed by atoms with Gasteiger partial charge in [-0.1, -0.05) is 45.2 Å². The molecular formula is C20H35I2NO6. The Morgan fingerprint density at radius 2 is 1.45 bits per heavy atom. The van der Waals surface area contributed by atoms with Gasteiger partial charge in [0, 0.05) is 11.1 Å². The summed E-state index contributed by atoms with van der Waals surface area (Å²) < 4.78 is 15.7. The standard InChI is InChI=1S/C20H35I2NO6/c1-17(2)9-13(10-18(3,4)23(17)26)27-11-14(29-16(25)20(7,8)22)12-28-15(24)19(5,6)21/h13-14,26H,9-12H2,1-8H3. The molecule has 1 fully saturated rings. The molecule has 9 heteroatoms. The van der Waals surface area contributed by atoms with Crippen molar-refractivity contribution in [3.05, 3.63) is 0 Å². The highest BCUT2D eigenvalue weighted by molar-refractivity contribution is 14.1. The summed E-state index contributed by atoms with van der Waals surface area (Å²) in [5, 5.41) is 11.8. The molecule has 0 aromatic rings. The van der Waals surface area contributed by atoms with Crippen molar-refractivity contribution in [2.24, 2.45) is 0 Å². The molecule has 1 heterocycles. The smallest absolute Gasteiger partial charge is 0.321 e. The van der Waals surface area contributed by atoms with Crippen LogP contribution in [0.4, 0.5) is 0 Å². The molecule has 0 aromatic carbocycles. The van der Waals surface area contributed by atoms with Crippen LogP contribution >= 0.6 is 45.2 Å². The molecule has 1 aliphatic heterocycles. The number of nitrogens with zero attached hydrogens (tertiary/aromatic N) is 1. The van der Waals surface area contributed by atoms with Crippen molar-refractivity contribution >= 4 is 57.1 Å². The van der Waals surface area contributed by atoms with E-state index in [-0.39, 0.29) is 31.3 Å². The van der Waals surface area contributed by atoms with E-state index in [1.165, 1.54) is 5.06 Å². The SMILES string of the molecule is CC(C)(I)C(=O)OCC(COC1CC(C)(C)N(O)C(C)(C)C1)OC(=O)C(C)(C)I. The third-order valence-corrected chi connectivity index (χ3v) is 5.64. The topological polar surface area (TPSA) is 85.3 Å². The second-order valence-electron chi connectivity index (χ2n) is 9.87. The van der Waals surface area contributed by atoms with Gasteiger partial charge in [-0.2, -0.15) is 5.06 Å². The molecule has 170 valence electrons. The first kappa shape index (κ1) is 27.3. The average Bonchev–Trinajstić information content (AvgIpc) is 2.52. The van der Waals surface area contributed by atoms with E-state index in [1.54, 1.807) is 27.7 Å². The Morgan fingerprint density at radius 1 is 1.00 bits per heavy atom. The Balaban J connectivity index is 2.80. The first-order valence-electron chi connectivity index (χ1n) is 9.73. The normalized spacial score (nSPS) is 21.5. The lowest BCUT2D eigenvalue weighted by Gasteiger charge is -2.51. The minimum Gasteiger partial charge on any atom is -0.461 e. The van der Waals surface area contributed by atoms with Gasteiger partial charge in [0.1, 0.15) is 13.5 Å².